The van der Waals surface area contributed by atoms with Gasteiger partial charge in [0, 0.05) is 30.9 Å². The molecule has 2 amide bonds. The van der Waals surface area contributed by atoms with Crippen molar-refractivity contribution in [2.24, 2.45) is 11.3 Å². The van der Waals surface area contributed by atoms with E-state index in [2.05, 4.69) is 20.6 Å². The number of hydrogen-bond donors (Lipinski definition) is 2. The minimum absolute atomic E-state index is 0.0257. The normalized spacial score (nSPS) is 18.1. The van der Waals surface area contributed by atoms with E-state index in [0.29, 0.717) is 24.3 Å². The maximum Gasteiger partial charge on any atom is 0.234 e. The molecule has 0 radical (unpaired) electrons. The summed E-state index contributed by atoms with van der Waals surface area (Å²) in [5, 5.41) is 10.7. The maximum absolute atomic E-state index is 12.4. The summed E-state index contributed by atoms with van der Waals surface area (Å²) in [7, 11) is 0. The van der Waals surface area contributed by atoms with Gasteiger partial charge in [-0.15, -0.1) is 0 Å². The summed E-state index contributed by atoms with van der Waals surface area (Å²) in [5.74, 6) is 0.659. The lowest BCUT2D eigenvalue weighted by Crippen LogP contribution is -2.64. The van der Waals surface area contributed by atoms with E-state index in [-0.39, 0.29) is 17.4 Å². The average Bonchev–Trinajstić information content (AvgIpc) is 3.01. The van der Waals surface area contributed by atoms with Gasteiger partial charge >= 0.3 is 0 Å². The number of aromatic nitrogens is 2. The number of amides is 2. The van der Waals surface area contributed by atoms with Gasteiger partial charge in [-0.05, 0) is 70.1 Å². The van der Waals surface area contributed by atoms with Crippen LogP contribution in [0.5, 0.6) is 0 Å². The van der Waals surface area contributed by atoms with Gasteiger partial charge < -0.3 is 10.6 Å². The molecule has 1 spiro atoms. The highest BCUT2D eigenvalue weighted by Gasteiger charge is 2.52. The van der Waals surface area contributed by atoms with Gasteiger partial charge in [-0.1, -0.05) is 18.2 Å². The van der Waals surface area contributed by atoms with Crippen LogP contribution in [0.15, 0.2) is 36.4 Å². The largest absolute Gasteiger partial charge is 0.355 e. The van der Waals surface area contributed by atoms with Gasteiger partial charge in [0.05, 0.1) is 24.3 Å². The van der Waals surface area contributed by atoms with Gasteiger partial charge in [-0.25, -0.2) is 4.68 Å². The van der Waals surface area contributed by atoms with Crippen LogP contribution in [0.3, 0.4) is 0 Å². The second kappa shape index (κ2) is 8.70. The molecule has 0 unspecified atom stereocenters. The SMILES string of the molecule is Cc1cc(CC(=O)NCC2CC3(C2)CN(CC(=O)NC(C)(C)C)C3)nn1-c1ccccc1. The fourth-order valence-electron chi connectivity index (χ4n) is 5.18. The molecule has 1 saturated carbocycles. The first-order valence-electron chi connectivity index (χ1n) is 11.5. The standard InChI is InChI=1S/C25H35N5O2/c1-18-10-20(28-30(18)21-8-6-5-7-9-21)11-22(31)26-14-19-12-25(13-19)16-29(17-25)15-23(32)27-24(2,3)4/h5-10,19H,11-17H2,1-4H3,(H,26,31)(H,27,32). The third kappa shape index (κ3) is 5.38. The van der Waals surface area contributed by atoms with E-state index in [9.17, 15) is 9.59 Å². The molecule has 0 bridgehead atoms. The molecule has 7 nitrogen and oxygen atoms in total. The molecule has 4 rings (SSSR count). The Hall–Kier alpha value is -2.67. The number of rotatable bonds is 7. The first-order chi connectivity index (χ1) is 15.1. The number of nitrogens with zero attached hydrogens (tertiary/aromatic N) is 3. The Bertz CT molecular complexity index is 962. The van der Waals surface area contributed by atoms with E-state index >= 15 is 0 Å². The van der Waals surface area contributed by atoms with Crippen LogP contribution < -0.4 is 10.6 Å². The highest BCUT2D eigenvalue weighted by atomic mass is 16.2. The maximum atomic E-state index is 12.4. The molecule has 1 aromatic heterocycles. The molecular weight excluding hydrogens is 402 g/mol. The van der Waals surface area contributed by atoms with Crippen LogP contribution in [0.1, 0.15) is 45.0 Å². The molecule has 2 aromatic rings. The third-order valence-corrected chi connectivity index (χ3v) is 6.31. The highest BCUT2D eigenvalue weighted by molar-refractivity contribution is 5.79. The van der Waals surface area contributed by atoms with Gasteiger partial charge in [0.1, 0.15) is 0 Å². The van der Waals surface area contributed by atoms with E-state index in [1.807, 2.05) is 68.8 Å². The second-order valence-corrected chi connectivity index (χ2v) is 10.7. The molecule has 2 N–H and O–H groups in total. The van der Waals surface area contributed by atoms with Crippen LogP contribution in [0.25, 0.3) is 5.69 Å². The Labute approximate surface area is 190 Å². The number of carbonyl (C=O) groups excluding carboxylic acids is 2. The van der Waals surface area contributed by atoms with Gasteiger partial charge in [-0.3, -0.25) is 14.5 Å². The summed E-state index contributed by atoms with van der Waals surface area (Å²) in [6, 6.07) is 11.9. The number of likely N-dealkylation sites (tertiary alicyclic amines) is 1. The van der Waals surface area contributed by atoms with Crippen molar-refractivity contribution in [2.75, 3.05) is 26.2 Å². The van der Waals surface area contributed by atoms with Crippen LogP contribution in [0.2, 0.25) is 0 Å². The van der Waals surface area contributed by atoms with E-state index in [1.54, 1.807) is 0 Å². The predicted molar refractivity (Wildman–Crippen MR) is 125 cm³/mol. The second-order valence-electron chi connectivity index (χ2n) is 10.7. The van der Waals surface area contributed by atoms with Crippen LogP contribution in [0.4, 0.5) is 0 Å². The lowest BCUT2D eigenvalue weighted by Gasteiger charge is -2.59. The van der Waals surface area contributed by atoms with Crippen LogP contribution in [-0.2, 0) is 16.0 Å². The van der Waals surface area contributed by atoms with Crippen molar-refractivity contribution in [3.8, 4) is 5.69 Å². The molecule has 1 aromatic carbocycles. The zero-order valence-electron chi connectivity index (χ0n) is 19.6. The smallest absolute Gasteiger partial charge is 0.234 e. The molecular formula is C25H35N5O2. The van der Waals surface area contributed by atoms with Crippen LogP contribution in [-0.4, -0.2) is 58.2 Å². The summed E-state index contributed by atoms with van der Waals surface area (Å²) in [6.45, 7) is 11.2. The van der Waals surface area contributed by atoms with Crippen molar-refractivity contribution in [3.63, 3.8) is 0 Å². The summed E-state index contributed by atoms with van der Waals surface area (Å²) >= 11 is 0. The molecule has 32 heavy (non-hydrogen) atoms. The predicted octanol–water partition coefficient (Wildman–Crippen LogP) is 2.47. The highest BCUT2D eigenvalue weighted by Crippen LogP contribution is 2.51. The molecule has 0 atom stereocenters. The Morgan fingerprint density at radius 3 is 2.47 bits per heavy atom. The van der Waals surface area contributed by atoms with Crippen molar-refractivity contribution in [3.05, 3.63) is 47.8 Å². The number of benzene rings is 1. The van der Waals surface area contributed by atoms with Crippen molar-refractivity contribution in [2.45, 2.75) is 52.5 Å². The lowest BCUT2D eigenvalue weighted by atomic mass is 9.57. The number of aryl methyl sites for hydroxylation is 1. The summed E-state index contributed by atoms with van der Waals surface area (Å²) in [4.78, 5) is 26.7. The summed E-state index contributed by atoms with van der Waals surface area (Å²) in [5.41, 5.74) is 2.99. The van der Waals surface area contributed by atoms with E-state index in [1.165, 1.54) is 0 Å². The van der Waals surface area contributed by atoms with Gasteiger partial charge in [-0.2, -0.15) is 5.10 Å². The first kappa shape index (κ1) is 22.5. The van der Waals surface area contributed by atoms with Gasteiger partial charge in [0.2, 0.25) is 11.8 Å². The molecule has 1 saturated heterocycles. The summed E-state index contributed by atoms with van der Waals surface area (Å²) in [6.07, 6.45) is 2.56. The topological polar surface area (TPSA) is 79.3 Å². The number of para-hydroxylation sites is 1. The Balaban J connectivity index is 1.16. The zero-order chi connectivity index (χ0) is 22.9. The molecule has 2 aliphatic rings. The van der Waals surface area contributed by atoms with Crippen molar-refractivity contribution >= 4 is 11.8 Å². The fraction of sp³-hybridized carbons (Fsp3) is 0.560. The Kier molecular flexibility index (Phi) is 6.12. The molecule has 7 heteroatoms. The fourth-order valence-corrected chi connectivity index (χ4v) is 5.18. The Morgan fingerprint density at radius 2 is 1.81 bits per heavy atom. The third-order valence-electron chi connectivity index (χ3n) is 6.31. The Morgan fingerprint density at radius 1 is 1.12 bits per heavy atom. The van der Waals surface area contributed by atoms with Crippen molar-refractivity contribution in [1.29, 1.82) is 0 Å². The van der Waals surface area contributed by atoms with Crippen LogP contribution in [0, 0.1) is 18.3 Å². The number of hydrogen-bond acceptors (Lipinski definition) is 4. The van der Waals surface area contributed by atoms with Crippen molar-refractivity contribution in [1.82, 2.24) is 25.3 Å². The van der Waals surface area contributed by atoms with E-state index < -0.39 is 0 Å². The summed E-state index contributed by atoms with van der Waals surface area (Å²) < 4.78 is 1.88. The first-order valence-corrected chi connectivity index (χ1v) is 11.5. The minimum Gasteiger partial charge on any atom is -0.355 e. The van der Waals surface area contributed by atoms with Gasteiger partial charge in [0.15, 0.2) is 0 Å². The molecule has 172 valence electrons. The minimum atomic E-state index is -0.183. The van der Waals surface area contributed by atoms with Crippen molar-refractivity contribution < 1.29 is 9.59 Å². The quantitative estimate of drug-likeness (QED) is 0.698. The number of carbonyl (C=O) groups is 2. The van der Waals surface area contributed by atoms with E-state index in [4.69, 9.17) is 0 Å². The monoisotopic (exact) mass is 437 g/mol. The number of nitrogens with one attached hydrogen (secondary N) is 2. The zero-order valence-corrected chi connectivity index (χ0v) is 19.6. The molecule has 1 aliphatic carbocycles. The van der Waals surface area contributed by atoms with E-state index in [0.717, 1.165) is 49.6 Å². The molecule has 1 aliphatic heterocycles. The molecule has 2 fully saturated rings. The molecule has 2 heterocycles. The lowest BCUT2D eigenvalue weighted by molar-refractivity contribution is -0.134. The average molecular weight is 438 g/mol. The van der Waals surface area contributed by atoms with Crippen LogP contribution >= 0.6 is 0 Å². The van der Waals surface area contributed by atoms with Gasteiger partial charge in [0.25, 0.3) is 0 Å².